The van der Waals surface area contributed by atoms with E-state index in [0.717, 1.165) is 36.4 Å². The van der Waals surface area contributed by atoms with Gasteiger partial charge in [-0.25, -0.2) is 12.6 Å². The van der Waals surface area contributed by atoms with Crippen molar-refractivity contribution in [3.05, 3.63) is 60.7 Å². The van der Waals surface area contributed by atoms with E-state index >= 15 is 0 Å². The van der Waals surface area contributed by atoms with Crippen LogP contribution in [0.15, 0.2) is 85.6 Å². The first-order valence-electron chi connectivity index (χ1n) is 13.0. The summed E-state index contributed by atoms with van der Waals surface area (Å²) in [6, 6.07) is 11.4. The molecule has 1 aromatic heterocycles. The van der Waals surface area contributed by atoms with Crippen LogP contribution in [0.2, 0.25) is 0 Å². The van der Waals surface area contributed by atoms with Crippen LogP contribution in [0.25, 0.3) is 0 Å². The molecule has 50 heavy (non-hydrogen) atoms. The van der Waals surface area contributed by atoms with E-state index in [-0.39, 0.29) is 50.4 Å². The highest BCUT2D eigenvalue weighted by atomic mass is 32.3. The number of sulfone groups is 1. The number of aromatic nitrogens is 3. The Bertz CT molecular complexity index is 2460. The highest BCUT2D eigenvalue weighted by Crippen LogP contribution is 2.36. The largest absolute Gasteiger partial charge is 0.398 e. The lowest BCUT2D eigenvalue weighted by molar-refractivity contribution is 0.284. The molecule has 0 aliphatic rings. The van der Waals surface area contributed by atoms with Gasteiger partial charge < -0.3 is 16.4 Å². The van der Waals surface area contributed by atoms with E-state index in [1.807, 2.05) is 0 Å². The van der Waals surface area contributed by atoms with Gasteiger partial charge in [0.2, 0.25) is 17.8 Å². The number of nitrogens with one attached hydrogen (secondary N) is 3. The molecule has 22 nitrogen and oxygen atoms in total. The van der Waals surface area contributed by atoms with E-state index in [1.54, 1.807) is 6.19 Å². The molecule has 0 bridgehead atoms. The second-order valence-corrected chi connectivity index (χ2v) is 15.5. The zero-order chi connectivity index (χ0) is 36.9. The number of nitrogens with two attached hydrogens (primary N) is 1. The number of nitrogen functional groups attached to an aromatic ring is 1. The molecule has 8 N–H and O–H groups in total. The number of azo groups is 1. The van der Waals surface area contributed by atoms with Gasteiger partial charge in [-0.3, -0.25) is 19.0 Å². The molecule has 0 spiro atoms. The van der Waals surface area contributed by atoms with Gasteiger partial charge in [0.25, 0.3) is 20.2 Å². The topological polar surface area (TPSA) is 356 Å². The Balaban J connectivity index is 1.70. The van der Waals surface area contributed by atoms with Crippen molar-refractivity contribution in [3.63, 3.8) is 0 Å². The van der Waals surface area contributed by atoms with Gasteiger partial charge in [0, 0.05) is 5.69 Å². The van der Waals surface area contributed by atoms with E-state index in [0.29, 0.717) is 0 Å². The third kappa shape index (κ3) is 10.3. The summed E-state index contributed by atoms with van der Waals surface area (Å²) in [5.41, 5.74) is 5.11. The number of nitrogens with zero attached hydrogens (tertiary/aromatic N) is 6. The maximum Gasteiger partial charge on any atom is 0.397 e. The molecule has 0 aliphatic heterocycles. The van der Waals surface area contributed by atoms with Crippen molar-refractivity contribution in [1.82, 2.24) is 15.0 Å². The molecule has 264 valence electrons. The molecule has 0 amide bonds. The smallest absolute Gasteiger partial charge is 0.397 e. The molecule has 0 radical (unpaired) electrons. The lowest BCUT2D eigenvalue weighted by atomic mass is 10.2. The predicted molar refractivity (Wildman–Crippen MR) is 173 cm³/mol. The summed E-state index contributed by atoms with van der Waals surface area (Å²) in [6.45, 7) is -0.883. The molecule has 1 heterocycles. The summed E-state index contributed by atoms with van der Waals surface area (Å²) < 4.78 is 125. The van der Waals surface area contributed by atoms with Crippen LogP contribution in [0.3, 0.4) is 0 Å². The summed E-state index contributed by atoms with van der Waals surface area (Å²) >= 11 is 0. The Labute approximate surface area is 283 Å². The van der Waals surface area contributed by atoms with E-state index in [9.17, 15) is 42.8 Å². The number of hydrogen-bond acceptors (Lipinski definition) is 19. The Kier molecular flexibility index (Phi) is 10.9. The van der Waals surface area contributed by atoms with Gasteiger partial charge in [0.15, 0.2) is 16.0 Å². The van der Waals surface area contributed by atoms with Gasteiger partial charge in [-0.15, -0.1) is 5.11 Å². The summed E-state index contributed by atoms with van der Waals surface area (Å²) in [6.07, 6.45) is 1.62. The number of rotatable bonds is 14. The molecule has 0 unspecified atom stereocenters. The third-order valence-corrected chi connectivity index (χ3v) is 9.82. The summed E-state index contributed by atoms with van der Waals surface area (Å²) in [5.74, 6) is -1.64. The average molecular weight is 771 g/mol. The van der Waals surface area contributed by atoms with E-state index in [4.69, 9.17) is 15.5 Å². The van der Waals surface area contributed by atoms with Gasteiger partial charge in [-0.1, -0.05) is 6.07 Å². The van der Waals surface area contributed by atoms with Crippen molar-refractivity contribution in [3.8, 4) is 6.19 Å². The van der Waals surface area contributed by atoms with Crippen LogP contribution in [-0.2, 0) is 44.7 Å². The van der Waals surface area contributed by atoms with Crippen LogP contribution in [0.4, 0.5) is 46.3 Å². The molecule has 4 aromatic rings. The standard InChI is InChI=1S/C24H22N10O12S4/c25-13-27-22-30-23(28-14-4-6-16(7-5-14)48(37,38)39)32-24(31-22)29-19-11-18(26)21(49(40,41)42)12-20(19)34-33-15-2-1-3-17(10-15)47(35,36)9-8-46-50(43,44)45/h1-7,10-12H,8-9,26H2,(H,37,38,39)(H,40,41,42)(H,43,44,45)(H3,27,28,29,30,31,32). The maximum absolute atomic E-state index is 12.6. The highest BCUT2D eigenvalue weighted by Gasteiger charge is 2.20. The fraction of sp³-hybridized carbons (Fsp3) is 0.0833. The summed E-state index contributed by atoms with van der Waals surface area (Å²) in [4.78, 5) is 10.7. The molecule has 3 aromatic carbocycles. The van der Waals surface area contributed by atoms with Crippen LogP contribution < -0.4 is 21.7 Å². The molecule has 0 saturated carbocycles. The fourth-order valence-corrected chi connectivity index (χ4v) is 6.38. The zero-order valence-corrected chi connectivity index (χ0v) is 27.9. The van der Waals surface area contributed by atoms with Gasteiger partial charge in [0.05, 0.1) is 39.2 Å². The summed E-state index contributed by atoms with van der Waals surface area (Å²) in [5, 5.41) is 24.6. The minimum Gasteiger partial charge on any atom is -0.398 e. The Morgan fingerprint density at radius 2 is 1.42 bits per heavy atom. The number of benzene rings is 3. The first kappa shape index (κ1) is 37.4. The first-order valence-corrected chi connectivity index (χ1v) is 18.9. The van der Waals surface area contributed by atoms with Gasteiger partial charge in [-0.2, -0.15) is 50.6 Å². The molecule has 0 saturated heterocycles. The minimum atomic E-state index is -4.90. The second-order valence-electron chi connectivity index (χ2n) is 9.44. The van der Waals surface area contributed by atoms with Gasteiger partial charge >= 0.3 is 10.4 Å². The lowest BCUT2D eigenvalue weighted by Crippen LogP contribution is -2.15. The SMILES string of the molecule is N#CNc1nc(Nc2ccc(S(=O)(=O)O)cc2)nc(Nc2cc(N)c(S(=O)(=O)O)cc2N=Nc2cccc(S(=O)(=O)CCOS(=O)(=O)O)c2)n1. The minimum absolute atomic E-state index is 0.0925. The Hall–Kier alpha value is -5.40. The normalized spacial score (nSPS) is 12.4. The van der Waals surface area contributed by atoms with Crippen molar-refractivity contribution in [1.29, 1.82) is 5.26 Å². The molecule has 4 rings (SSSR count). The van der Waals surface area contributed by atoms with Crippen molar-refractivity contribution in [2.45, 2.75) is 14.7 Å². The van der Waals surface area contributed by atoms with Crippen LogP contribution in [-0.4, -0.2) is 74.6 Å². The van der Waals surface area contributed by atoms with E-state index in [1.165, 1.54) is 24.3 Å². The first-order chi connectivity index (χ1) is 23.2. The molecular formula is C24H22N10O12S4. The molecule has 0 aliphatic carbocycles. The highest BCUT2D eigenvalue weighted by molar-refractivity contribution is 7.91. The van der Waals surface area contributed by atoms with Gasteiger partial charge in [0.1, 0.15) is 10.6 Å². The maximum atomic E-state index is 12.6. The Morgan fingerprint density at radius 1 is 0.780 bits per heavy atom. The fourth-order valence-electron chi connectivity index (χ4n) is 3.76. The number of anilines is 6. The molecular weight excluding hydrogens is 749 g/mol. The average Bonchev–Trinajstić information content (AvgIpc) is 2.99. The number of hydrogen-bond donors (Lipinski definition) is 7. The van der Waals surface area contributed by atoms with Crippen molar-refractivity contribution in [2.75, 3.05) is 34.0 Å². The van der Waals surface area contributed by atoms with E-state index < -0.39 is 63.4 Å². The second kappa shape index (κ2) is 14.6. The van der Waals surface area contributed by atoms with Crippen LogP contribution in [0.5, 0.6) is 0 Å². The van der Waals surface area contributed by atoms with Crippen molar-refractivity contribution < 1.29 is 51.5 Å². The van der Waals surface area contributed by atoms with Crippen molar-refractivity contribution in [2.24, 2.45) is 10.2 Å². The van der Waals surface area contributed by atoms with Crippen molar-refractivity contribution >= 4 is 86.8 Å². The monoisotopic (exact) mass is 770 g/mol. The third-order valence-electron chi connectivity index (χ3n) is 5.90. The Morgan fingerprint density at radius 3 is 2.02 bits per heavy atom. The van der Waals surface area contributed by atoms with Gasteiger partial charge in [-0.05, 0) is 54.6 Å². The molecule has 26 heteroatoms. The van der Waals surface area contributed by atoms with E-state index in [2.05, 4.69) is 45.3 Å². The van der Waals surface area contributed by atoms with Crippen LogP contribution >= 0.6 is 0 Å². The summed E-state index contributed by atoms with van der Waals surface area (Å²) in [7, 11) is -18.4. The quantitative estimate of drug-likeness (QED) is 0.0318. The van der Waals surface area contributed by atoms with Crippen LogP contribution in [0, 0.1) is 11.5 Å². The predicted octanol–water partition coefficient (Wildman–Crippen LogP) is 2.34. The number of nitriles is 1. The zero-order valence-electron chi connectivity index (χ0n) is 24.6. The van der Waals surface area contributed by atoms with Crippen LogP contribution in [0.1, 0.15) is 0 Å². The molecule has 0 fully saturated rings. The molecule has 0 atom stereocenters. The lowest BCUT2D eigenvalue weighted by Gasteiger charge is -2.13.